The van der Waals surface area contributed by atoms with Crippen molar-refractivity contribution < 1.29 is 14.0 Å². The number of rotatable bonds is 8. The Hall–Kier alpha value is -3.46. The maximum absolute atomic E-state index is 12.9. The lowest BCUT2D eigenvalue weighted by Gasteiger charge is -2.07. The number of anilines is 1. The third kappa shape index (κ3) is 6.85. The van der Waals surface area contributed by atoms with E-state index < -0.39 is 11.4 Å². The van der Waals surface area contributed by atoms with Gasteiger partial charge in [-0.05, 0) is 29.8 Å². The van der Waals surface area contributed by atoms with E-state index in [2.05, 4.69) is 20.6 Å². The minimum atomic E-state index is -0.405. The van der Waals surface area contributed by atoms with Gasteiger partial charge < -0.3 is 15.6 Å². The lowest BCUT2D eigenvalue weighted by atomic mass is 10.2. The largest absolute Gasteiger partial charge is 0.352 e. The molecule has 0 aliphatic rings. The standard InChI is InChI=1S/C21H19FN4O3S/c22-15-6-8-16(9-7-15)24-20(29)13-30-21-25-17(11-19(28)26-21)10-18(27)23-12-14-4-2-1-3-5-14/h1-9,11H,10,12-13H2,(H,23,27)(H,24,29)(H,25,26,28). The monoisotopic (exact) mass is 426 g/mol. The van der Waals surface area contributed by atoms with E-state index in [4.69, 9.17) is 0 Å². The van der Waals surface area contributed by atoms with Gasteiger partial charge in [0.25, 0.3) is 5.56 Å². The van der Waals surface area contributed by atoms with Crippen LogP contribution < -0.4 is 16.2 Å². The number of carbonyl (C=O) groups excluding carboxylic acids is 2. The van der Waals surface area contributed by atoms with Gasteiger partial charge in [-0.25, -0.2) is 9.37 Å². The van der Waals surface area contributed by atoms with Crippen molar-refractivity contribution in [1.29, 1.82) is 0 Å². The topological polar surface area (TPSA) is 104 Å². The Balaban J connectivity index is 1.52. The Morgan fingerprint density at radius 1 is 1.03 bits per heavy atom. The van der Waals surface area contributed by atoms with Gasteiger partial charge in [0.15, 0.2) is 5.16 Å². The summed E-state index contributed by atoms with van der Waals surface area (Å²) < 4.78 is 12.9. The average Bonchev–Trinajstić information content (AvgIpc) is 2.73. The van der Waals surface area contributed by atoms with Gasteiger partial charge in [-0.1, -0.05) is 42.1 Å². The maximum atomic E-state index is 12.9. The van der Waals surface area contributed by atoms with Gasteiger partial charge >= 0.3 is 0 Å². The van der Waals surface area contributed by atoms with Crippen LogP contribution in [0.15, 0.2) is 70.6 Å². The minimum Gasteiger partial charge on any atom is -0.352 e. The molecule has 2 aromatic carbocycles. The number of nitrogens with one attached hydrogen (secondary N) is 3. The van der Waals surface area contributed by atoms with Crippen LogP contribution in [0.1, 0.15) is 11.3 Å². The van der Waals surface area contributed by atoms with Crippen LogP contribution in [0.3, 0.4) is 0 Å². The van der Waals surface area contributed by atoms with E-state index >= 15 is 0 Å². The Kier molecular flexibility index (Phi) is 7.34. The van der Waals surface area contributed by atoms with Crippen molar-refractivity contribution in [1.82, 2.24) is 15.3 Å². The fraction of sp³-hybridized carbons (Fsp3) is 0.143. The molecule has 9 heteroatoms. The van der Waals surface area contributed by atoms with E-state index in [1.165, 1.54) is 30.3 Å². The Morgan fingerprint density at radius 3 is 2.50 bits per heavy atom. The molecule has 0 atom stereocenters. The van der Waals surface area contributed by atoms with E-state index in [9.17, 15) is 18.8 Å². The maximum Gasteiger partial charge on any atom is 0.251 e. The van der Waals surface area contributed by atoms with Crippen molar-refractivity contribution in [3.8, 4) is 0 Å². The summed E-state index contributed by atoms with van der Waals surface area (Å²) in [5.74, 6) is -1.000. The summed E-state index contributed by atoms with van der Waals surface area (Å²) in [6, 6.07) is 16.1. The highest BCUT2D eigenvalue weighted by Gasteiger charge is 2.10. The van der Waals surface area contributed by atoms with Crippen molar-refractivity contribution in [3.63, 3.8) is 0 Å². The van der Waals surface area contributed by atoms with Gasteiger partial charge in [-0.15, -0.1) is 0 Å². The molecule has 0 bridgehead atoms. The lowest BCUT2D eigenvalue weighted by molar-refractivity contribution is -0.120. The van der Waals surface area contributed by atoms with E-state index in [1.54, 1.807) is 0 Å². The van der Waals surface area contributed by atoms with Gasteiger partial charge in [-0.2, -0.15) is 0 Å². The summed E-state index contributed by atoms with van der Waals surface area (Å²) in [5, 5.41) is 5.64. The van der Waals surface area contributed by atoms with Crippen LogP contribution in [-0.2, 0) is 22.6 Å². The van der Waals surface area contributed by atoms with E-state index in [1.807, 2.05) is 30.3 Å². The highest BCUT2D eigenvalue weighted by molar-refractivity contribution is 7.99. The zero-order chi connectivity index (χ0) is 21.3. The minimum absolute atomic E-state index is 0.00995. The van der Waals surface area contributed by atoms with Crippen LogP contribution in [0.2, 0.25) is 0 Å². The molecule has 0 aliphatic heterocycles. The molecule has 0 radical (unpaired) electrons. The molecule has 0 spiro atoms. The van der Waals surface area contributed by atoms with Gasteiger partial charge in [-0.3, -0.25) is 14.4 Å². The van der Waals surface area contributed by atoms with Crippen molar-refractivity contribution in [3.05, 3.63) is 88.1 Å². The van der Waals surface area contributed by atoms with Gasteiger partial charge in [0.2, 0.25) is 11.8 Å². The summed E-state index contributed by atoms with van der Waals surface area (Å²) in [5.41, 5.74) is 1.34. The van der Waals surface area contributed by atoms with Crippen molar-refractivity contribution >= 4 is 29.3 Å². The third-order valence-electron chi connectivity index (χ3n) is 3.92. The highest BCUT2D eigenvalue weighted by Crippen LogP contribution is 2.14. The van der Waals surface area contributed by atoms with Crippen molar-refractivity contribution in [2.24, 2.45) is 0 Å². The SMILES string of the molecule is O=C(Cc1cc(=O)[nH]c(SCC(=O)Nc2ccc(F)cc2)n1)NCc1ccccc1. The molecule has 0 aliphatic carbocycles. The third-order valence-corrected chi connectivity index (χ3v) is 4.79. The second-order valence-corrected chi connectivity index (χ2v) is 7.29. The number of hydrogen-bond donors (Lipinski definition) is 3. The summed E-state index contributed by atoms with van der Waals surface area (Å²) in [4.78, 5) is 42.8. The predicted octanol–water partition coefficient (Wildman–Crippen LogP) is 2.50. The number of aromatic amines is 1. The van der Waals surface area contributed by atoms with Gasteiger partial charge in [0, 0.05) is 18.3 Å². The first-order valence-corrected chi connectivity index (χ1v) is 10.1. The smallest absolute Gasteiger partial charge is 0.251 e. The van der Waals surface area contributed by atoms with Gasteiger partial charge in [0.1, 0.15) is 5.82 Å². The van der Waals surface area contributed by atoms with Crippen LogP contribution in [0.4, 0.5) is 10.1 Å². The molecule has 3 N–H and O–H groups in total. The molecule has 7 nitrogen and oxygen atoms in total. The van der Waals surface area contributed by atoms with Crippen molar-refractivity contribution in [2.75, 3.05) is 11.1 Å². The zero-order valence-corrected chi connectivity index (χ0v) is 16.7. The lowest BCUT2D eigenvalue weighted by Crippen LogP contribution is -2.26. The second kappa shape index (κ2) is 10.4. The van der Waals surface area contributed by atoms with Gasteiger partial charge in [0.05, 0.1) is 17.9 Å². The molecule has 0 saturated heterocycles. The summed E-state index contributed by atoms with van der Waals surface area (Å²) >= 11 is 1.03. The van der Waals surface area contributed by atoms with Crippen LogP contribution in [0.25, 0.3) is 0 Å². The number of thioether (sulfide) groups is 1. The zero-order valence-electron chi connectivity index (χ0n) is 15.9. The number of hydrogen-bond acceptors (Lipinski definition) is 5. The fourth-order valence-corrected chi connectivity index (χ4v) is 3.22. The fourth-order valence-electron chi connectivity index (χ4n) is 2.53. The van der Waals surface area contributed by atoms with Crippen LogP contribution in [-0.4, -0.2) is 27.5 Å². The quantitative estimate of drug-likeness (QED) is 0.379. The highest BCUT2D eigenvalue weighted by atomic mass is 32.2. The first-order valence-electron chi connectivity index (χ1n) is 9.07. The van der Waals surface area contributed by atoms with Crippen LogP contribution in [0, 0.1) is 5.82 Å². The molecular weight excluding hydrogens is 407 g/mol. The molecule has 0 fully saturated rings. The number of aromatic nitrogens is 2. The second-order valence-electron chi connectivity index (χ2n) is 6.32. The molecule has 2 amide bonds. The van der Waals surface area contributed by atoms with Crippen LogP contribution >= 0.6 is 11.8 Å². The molecule has 30 heavy (non-hydrogen) atoms. The molecule has 0 unspecified atom stereocenters. The number of H-pyrrole nitrogens is 1. The molecule has 3 aromatic rings. The molecule has 1 aromatic heterocycles. The summed E-state index contributed by atoms with van der Waals surface area (Å²) in [6.45, 7) is 0.383. The Morgan fingerprint density at radius 2 is 1.77 bits per heavy atom. The molecule has 154 valence electrons. The molecular formula is C21H19FN4O3S. The van der Waals surface area contributed by atoms with E-state index in [-0.39, 0.29) is 29.1 Å². The average molecular weight is 426 g/mol. The first kappa shape index (κ1) is 21.3. The number of nitrogens with zero attached hydrogens (tertiary/aromatic N) is 1. The normalized spacial score (nSPS) is 10.4. The van der Waals surface area contributed by atoms with Crippen molar-refractivity contribution in [2.45, 2.75) is 18.1 Å². The summed E-state index contributed by atoms with van der Waals surface area (Å²) in [6.07, 6.45) is -0.0495. The number of amides is 2. The molecule has 0 saturated carbocycles. The predicted molar refractivity (Wildman–Crippen MR) is 113 cm³/mol. The number of carbonyl (C=O) groups is 2. The molecule has 3 rings (SSSR count). The van der Waals surface area contributed by atoms with Crippen LogP contribution in [0.5, 0.6) is 0 Å². The first-order chi connectivity index (χ1) is 14.5. The Bertz CT molecular complexity index is 1070. The Labute approximate surface area is 176 Å². The number of benzene rings is 2. The van der Waals surface area contributed by atoms with E-state index in [0.717, 1.165) is 17.3 Å². The van der Waals surface area contributed by atoms with E-state index in [0.29, 0.717) is 17.9 Å². The summed E-state index contributed by atoms with van der Waals surface area (Å²) in [7, 11) is 0. The molecule has 1 heterocycles. The number of halogens is 1.